The van der Waals surface area contributed by atoms with Gasteiger partial charge in [0.05, 0.1) is 17.6 Å². The van der Waals surface area contributed by atoms with Gasteiger partial charge in [-0.25, -0.2) is 0 Å². The van der Waals surface area contributed by atoms with Crippen LogP contribution in [0.5, 0.6) is 0 Å². The summed E-state index contributed by atoms with van der Waals surface area (Å²) in [6.45, 7) is 9.55. The number of likely N-dealkylation sites (tertiary alicyclic amines) is 1. The van der Waals surface area contributed by atoms with Crippen LogP contribution in [0.15, 0.2) is 11.3 Å². The van der Waals surface area contributed by atoms with E-state index in [2.05, 4.69) is 32.3 Å². The van der Waals surface area contributed by atoms with Crippen molar-refractivity contribution in [2.24, 2.45) is 23.3 Å². The molecule has 0 spiro atoms. The first-order chi connectivity index (χ1) is 18.8. The molecule has 0 radical (unpaired) electrons. The van der Waals surface area contributed by atoms with Crippen molar-refractivity contribution in [1.29, 1.82) is 0 Å². The highest BCUT2D eigenvalue weighted by Gasteiger charge is 2.40. The van der Waals surface area contributed by atoms with Crippen molar-refractivity contribution in [2.45, 2.75) is 81.5 Å². The third-order valence-corrected chi connectivity index (χ3v) is 11.7. The van der Waals surface area contributed by atoms with Gasteiger partial charge in [0.2, 0.25) is 5.91 Å². The number of allylic oxidation sites excluding steroid dienone is 1. The van der Waals surface area contributed by atoms with Crippen LogP contribution in [0, 0.1) is 11.8 Å². The van der Waals surface area contributed by atoms with Gasteiger partial charge in [-0.05, 0) is 57.9 Å². The molecule has 6 rings (SSSR count). The van der Waals surface area contributed by atoms with Gasteiger partial charge in [-0.1, -0.05) is 12.0 Å². The van der Waals surface area contributed by atoms with Crippen molar-refractivity contribution >= 4 is 28.3 Å². The quantitative estimate of drug-likeness (QED) is 0.265. The SMILES string of the molecule is CC1=C(C(C(=O)NC2CNCCC2N2CCC(N3CCS(=O)CC3)CC2)C(N)N)N2CCC1CCCC(Cl)C2. The highest BCUT2D eigenvalue weighted by molar-refractivity contribution is 7.85. The summed E-state index contributed by atoms with van der Waals surface area (Å²) in [6.07, 6.45) is 6.85. The maximum Gasteiger partial charge on any atom is 0.232 e. The van der Waals surface area contributed by atoms with Gasteiger partial charge in [0.15, 0.2) is 0 Å². The van der Waals surface area contributed by atoms with Crippen molar-refractivity contribution < 1.29 is 9.00 Å². The van der Waals surface area contributed by atoms with E-state index in [1.807, 2.05) is 0 Å². The molecule has 0 aromatic rings. The van der Waals surface area contributed by atoms with E-state index >= 15 is 0 Å². The molecule has 39 heavy (non-hydrogen) atoms. The molecule has 6 N–H and O–H groups in total. The third kappa shape index (κ3) is 7.01. The van der Waals surface area contributed by atoms with Crippen molar-refractivity contribution in [2.75, 3.05) is 63.9 Å². The number of nitrogens with two attached hydrogens (primary N) is 2. The largest absolute Gasteiger partial charge is 0.373 e. The minimum atomic E-state index is -0.768. The Balaban J connectivity index is 1.26. The van der Waals surface area contributed by atoms with Crippen LogP contribution in [-0.2, 0) is 15.6 Å². The molecule has 0 aliphatic carbocycles. The van der Waals surface area contributed by atoms with E-state index in [1.54, 1.807) is 0 Å². The monoisotopic (exact) mass is 583 g/mol. The molecule has 5 atom stereocenters. The summed E-state index contributed by atoms with van der Waals surface area (Å²) >= 11 is 6.70. The average molecular weight is 584 g/mol. The summed E-state index contributed by atoms with van der Waals surface area (Å²) in [5.74, 6) is 1.47. The van der Waals surface area contributed by atoms with E-state index in [0.29, 0.717) is 18.0 Å². The minimum absolute atomic E-state index is 0.0201. The molecule has 9 nitrogen and oxygen atoms in total. The number of rotatable bonds is 6. The van der Waals surface area contributed by atoms with Gasteiger partial charge in [-0.2, -0.15) is 0 Å². The Bertz CT molecular complexity index is 902. The normalized spacial score (nSPS) is 33.6. The van der Waals surface area contributed by atoms with Gasteiger partial charge in [0.25, 0.3) is 0 Å². The summed E-state index contributed by atoms with van der Waals surface area (Å²) in [5.41, 5.74) is 15.0. The zero-order chi connectivity index (χ0) is 27.5. The number of hydrogen-bond donors (Lipinski definition) is 4. The van der Waals surface area contributed by atoms with Crippen LogP contribution in [-0.4, -0.2) is 118 Å². The van der Waals surface area contributed by atoms with Gasteiger partial charge < -0.3 is 27.0 Å². The zero-order valence-electron chi connectivity index (χ0n) is 23.7. The molecule has 0 saturated carbocycles. The summed E-state index contributed by atoms with van der Waals surface area (Å²) in [6, 6.07) is 0.910. The first-order valence-corrected chi connectivity index (χ1v) is 17.2. The molecule has 4 fully saturated rings. The van der Waals surface area contributed by atoms with Crippen LogP contribution >= 0.6 is 11.6 Å². The van der Waals surface area contributed by atoms with E-state index in [9.17, 15) is 9.00 Å². The lowest BCUT2D eigenvalue weighted by Crippen LogP contribution is -2.63. The van der Waals surface area contributed by atoms with Gasteiger partial charge in [0, 0.05) is 85.9 Å². The standard InChI is InChI=1S/C28H50ClN7O2S/c1-19-20-3-2-4-21(29)18-36(10-6-20)26(19)25(27(30)31)28(37)33-23-17-32-9-5-24(23)35-11-7-22(8-12-35)34-13-15-39(38)16-14-34/h20-25,27,32H,2-18,30-31H2,1H3,(H,33,37). The zero-order valence-corrected chi connectivity index (χ0v) is 25.2. The topological polar surface area (TPSA) is 120 Å². The van der Waals surface area contributed by atoms with Crippen molar-refractivity contribution in [1.82, 2.24) is 25.3 Å². The molecule has 0 aromatic heterocycles. The van der Waals surface area contributed by atoms with Gasteiger partial charge >= 0.3 is 0 Å². The van der Waals surface area contributed by atoms with Crippen LogP contribution in [0.1, 0.15) is 51.9 Å². The predicted molar refractivity (Wildman–Crippen MR) is 159 cm³/mol. The van der Waals surface area contributed by atoms with Gasteiger partial charge in [-0.3, -0.25) is 18.8 Å². The maximum atomic E-state index is 14.0. The van der Waals surface area contributed by atoms with Gasteiger partial charge in [0.1, 0.15) is 5.92 Å². The number of nitrogens with zero attached hydrogens (tertiary/aromatic N) is 3. The summed E-state index contributed by atoms with van der Waals surface area (Å²) in [4.78, 5) is 21.5. The minimum Gasteiger partial charge on any atom is -0.373 e. The molecule has 1 amide bonds. The Labute approximate surface area is 242 Å². The van der Waals surface area contributed by atoms with Crippen LogP contribution in [0.25, 0.3) is 0 Å². The molecule has 5 unspecified atom stereocenters. The van der Waals surface area contributed by atoms with Crippen LogP contribution < -0.4 is 22.1 Å². The van der Waals surface area contributed by atoms with Crippen molar-refractivity contribution in [3.05, 3.63) is 11.3 Å². The molecular weight excluding hydrogens is 534 g/mol. The number of halogens is 1. The number of nitrogens with one attached hydrogen (secondary N) is 2. The fourth-order valence-corrected chi connectivity index (χ4v) is 9.20. The summed E-state index contributed by atoms with van der Waals surface area (Å²) < 4.78 is 11.8. The fraction of sp³-hybridized carbons (Fsp3) is 0.893. The highest BCUT2D eigenvalue weighted by atomic mass is 35.5. The van der Waals surface area contributed by atoms with Crippen molar-refractivity contribution in [3.8, 4) is 0 Å². The first kappa shape index (κ1) is 29.7. The smallest absolute Gasteiger partial charge is 0.232 e. The predicted octanol–water partition coefficient (Wildman–Crippen LogP) is 0.609. The van der Waals surface area contributed by atoms with Gasteiger partial charge in [-0.15, -0.1) is 11.6 Å². The van der Waals surface area contributed by atoms with E-state index in [4.69, 9.17) is 23.1 Å². The van der Waals surface area contributed by atoms with Crippen LogP contribution in [0.3, 0.4) is 0 Å². The Morgan fingerprint density at radius 3 is 2.49 bits per heavy atom. The lowest BCUT2D eigenvalue weighted by Gasteiger charge is -2.46. The van der Waals surface area contributed by atoms with E-state index in [-0.39, 0.29) is 17.3 Å². The second kappa shape index (κ2) is 13.5. The number of fused-ring (bicyclic) bond motifs is 5. The number of carbonyl (C=O) groups excluding carboxylic acids is 1. The Morgan fingerprint density at radius 1 is 1.03 bits per heavy atom. The maximum absolute atomic E-state index is 14.0. The lowest BCUT2D eigenvalue weighted by atomic mass is 9.82. The van der Waals surface area contributed by atoms with E-state index < -0.39 is 22.9 Å². The molecule has 6 aliphatic heterocycles. The van der Waals surface area contributed by atoms with E-state index in [1.165, 1.54) is 5.57 Å². The number of carbonyl (C=O) groups is 1. The molecule has 2 bridgehead atoms. The Morgan fingerprint density at radius 2 is 1.77 bits per heavy atom. The van der Waals surface area contributed by atoms with Crippen molar-refractivity contribution in [3.63, 3.8) is 0 Å². The fourth-order valence-electron chi connectivity index (χ4n) is 7.80. The molecule has 6 heterocycles. The van der Waals surface area contributed by atoms with Crippen LogP contribution in [0.4, 0.5) is 0 Å². The first-order valence-electron chi connectivity index (χ1n) is 15.3. The molecule has 0 aromatic carbocycles. The number of hydrogen-bond acceptors (Lipinski definition) is 8. The molecule has 11 heteroatoms. The second-order valence-corrected chi connectivity index (χ2v) is 14.7. The second-order valence-electron chi connectivity index (χ2n) is 12.4. The lowest BCUT2D eigenvalue weighted by molar-refractivity contribution is -0.126. The molecular formula is C28H50ClN7O2S. The van der Waals surface area contributed by atoms with Crippen LogP contribution in [0.2, 0.25) is 0 Å². The summed E-state index contributed by atoms with van der Waals surface area (Å²) in [5, 5.41) is 7.01. The Kier molecular flexibility index (Phi) is 10.3. The summed E-state index contributed by atoms with van der Waals surface area (Å²) in [7, 11) is -0.634. The third-order valence-electron chi connectivity index (χ3n) is 10.0. The van der Waals surface area contributed by atoms with E-state index in [0.717, 1.165) is 115 Å². The Hall–Kier alpha value is -0.750. The molecule has 222 valence electrons. The highest BCUT2D eigenvalue weighted by Crippen LogP contribution is 2.38. The average Bonchev–Trinajstić information content (AvgIpc) is 3.04. The molecule has 6 aliphatic rings. The number of amides is 1. The number of piperidine rings is 2. The molecule has 4 saturated heterocycles. The number of alkyl halides is 1.